The first-order chi connectivity index (χ1) is 11.1. The summed E-state index contributed by atoms with van der Waals surface area (Å²) in [6, 6.07) is 5.60. The van der Waals surface area contributed by atoms with E-state index in [0.717, 1.165) is 36.5 Å². The van der Waals surface area contributed by atoms with Gasteiger partial charge in [0, 0.05) is 24.8 Å². The highest BCUT2D eigenvalue weighted by atomic mass is 16.5. The van der Waals surface area contributed by atoms with Gasteiger partial charge in [0.15, 0.2) is 11.5 Å². The van der Waals surface area contributed by atoms with Crippen LogP contribution in [0.25, 0.3) is 0 Å². The Kier molecular flexibility index (Phi) is 5.73. The van der Waals surface area contributed by atoms with E-state index in [1.807, 2.05) is 10.7 Å². The lowest BCUT2D eigenvalue weighted by atomic mass is 10.2. The minimum Gasteiger partial charge on any atom is -0.502 e. The molecule has 2 aromatic rings. The summed E-state index contributed by atoms with van der Waals surface area (Å²) in [5.41, 5.74) is 2.08. The van der Waals surface area contributed by atoms with Crippen LogP contribution in [0.4, 0.5) is 5.82 Å². The molecule has 0 saturated carbocycles. The zero-order valence-corrected chi connectivity index (χ0v) is 14.2. The molecule has 0 unspecified atom stereocenters. The molecule has 6 nitrogen and oxygen atoms in total. The molecule has 0 bridgehead atoms. The second kappa shape index (κ2) is 7.76. The van der Waals surface area contributed by atoms with Crippen LogP contribution < -0.4 is 14.8 Å². The summed E-state index contributed by atoms with van der Waals surface area (Å²) >= 11 is 0. The minimum absolute atomic E-state index is 0.0124. The second-order valence-electron chi connectivity index (χ2n) is 5.45. The number of methoxy groups -OCH3 is 2. The third-order valence-electron chi connectivity index (χ3n) is 3.72. The first-order valence-corrected chi connectivity index (χ1v) is 7.81. The van der Waals surface area contributed by atoms with Crippen molar-refractivity contribution in [3.05, 3.63) is 29.5 Å². The summed E-state index contributed by atoms with van der Waals surface area (Å²) in [6.07, 6.45) is 2.27. The smallest absolute Gasteiger partial charge is 0.200 e. The van der Waals surface area contributed by atoms with Crippen LogP contribution >= 0.6 is 0 Å². The summed E-state index contributed by atoms with van der Waals surface area (Å²) in [7, 11) is 3.04. The van der Waals surface area contributed by atoms with Gasteiger partial charge >= 0.3 is 0 Å². The maximum atomic E-state index is 9.93. The number of aryl methyl sites for hydroxylation is 2. The standard InChI is InChI=1S/C17H25N3O3/c1-5-6-7-20-12(2)8-16(19-20)18-11-13-9-14(22-3)17(21)15(10-13)23-4/h8-10,21H,5-7,11H2,1-4H3,(H,18,19). The largest absolute Gasteiger partial charge is 0.502 e. The Morgan fingerprint density at radius 2 is 1.83 bits per heavy atom. The molecule has 0 aliphatic heterocycles. The van der Waals surface area contributed by atoms with Crippen molar-refractivity contribution in [3.8, 4) is 17.2 Å². The average molecular weight is 319 g/mol. The van der Waals surface area contributed by atoms with Gasteiger partial charge in [-0.15, -0.1) is 0 Å². The lowest BCUT2D eigenvalue weighted by molar-refractivity contribution is 0.339. The van der Waals surface area contributed by atoms with Crippen LogP contribution in [0.2, 0.25) is 0 Å². The molecule has 0 aliphatic rings. The van der Waals surface area contributed by atoms with E-state index in [1.54, 1.807) is 12.1 Å². The summed E-state index contributed by atoms with van der Waals surface area (Å²) in [6.45, 7) is 5.73. The Morgan fingerprint density at radius 1 is 1.17 bits per heavy atom. The van der Waals surface area contributed by atoms with Gasteiger partial charge in [-0.05, 0) is 31.0 Å². The highest BCUT2D eigenvalue weighted by molar-refractivity contribution is 5.53. The number of hydrogen-bond donors (Lipinski definition) is 2. The van der Waals surface area contributed by atoms with Gasteiger partial charge in [-0.1, -0.05) is 13.3 Å². The molecule has 1 aromatic carbocycles. The van der Waals surface area contributed by atoms with Crippen LogP contribution in [0.1, 0.15) is 31.0 Å². The molecule has 0 atom stereocenters. The van der Waals surface area contributed by atoms with E-state index in [0.29, 0.717) is 18.0 Å². The van der Waals surface area contributed by atoms with Crippen LogP contribution in [-0.2, 0) is 13.1 Å². The van der Waals surface area contributed by atoms with Gasteiger partial charge in [0.2, 0.25) is 5.75 Å². The Morgan fingerprint density at radius 3 is 2.39 bits per heavy atom. The van der Waals surface area contributed by atoms with E-state index in [9.17, 15) is 5.11 Å². The average Bonchev–Trinajstić information content (AvgIpc) is 2.91. The number of hydrogen-bond acceptors (Lipinski definition) is 5. The number of aromatic hydroxyl groups is 1. The molecular formula is C17H25N3O3. The van der Waals surface area contributed by atoms with Crippen LogP contribution in [0, 0.1) is 6.92 Å². The molecule has 2 N–H and O–H groups in total. The zero-order valence-electron chi connectivity index (χ0n) is 14.2. The molecule has 0 fully saturated rings. The normalized spacial score (nSPS) is 10.6. The van der Waals surface area contributed by atoms with Crippen LogP contribution in [0.5, 0.6) is 17.2 Å². The van der Waals surface area contributed by atoms with E-state index in [2.05, 4.69) is 24.3 Å². The predicted molar refractivity (Wildman–Crippen MR) is 90.4 cm³/mol. The van der Waals surface area contributed by atoms with Crippen LogP contribution in [0.3, 0.4) is 0 Å². The zero-order chi connectivity index (χ0) is 16.8. The molecule has 23 heavy (non-hydrogen) atoms. The molecule has 0 spiro atoms. The molecule has 0 radical (unpaired) electrons. The third kappa shape index (κ3) is 4.09. The summed E-state index contributed by atoms with van der Waals surface area (Å²) in [5, 5.41) is 17.8. The van der Waals surface area contributed by atoms with Gasteiger partial charge in [0.1, 0.15) is 5.82 Å². The third-order valence-corrected chi connectivity index (χ3v) is 3.72. The Hall–Kier alpha value is -2.37. The SMILES string of the molecule is CCCCn1nc(NCc2cc(OC)c(O)c(OC)c2)cc1C. The molecule has 2 rings (SSSR count). The molecule has 0 amide bonds. The van der Waals surface area contributed by atoms with Crippen molar-refractivity contribution in [2.45, 2.75) is 39.8 Å². The van der Waals surface area contributed by atoms with Crippen molar-refractivity contribution in [2.75, 3.05) is 19.5 Å². The van der Waals surface area contributed by atoms with Crippen molar-refractivity contribution in [1.82, 2.24) is 9.78 Å². The van der Waals surface area contributed by atoms with Gasteiger partial charge in [-0.25, -0.2) is 0 Å². The van der Waals surface area contributed by atoms with Crippen molar-refractivity contribution >= 4 is 5.82 Å². The van der Waals surface area contributed by atoms with Gasteiger partial charge < -0.3 is 19.9 Å². The summed E-state index contributed by atoms with van der Waals surface area (Å²) in [5.74, 6) is 1.64. The lowest BCUT2D eigenvalue weighted by Crippen LogP contribution is -2.04. The fourth-order valence-electron chi connectivity index (χ4n) is 2.37. The molecule has 126 valence electrons. The van der Waals surface area contributed by atoms with Crippen molar-refractivity contribution in [1.29, 1.82) is 0 Å². The van der Waals surface area contributed by atoms with Gasteiger partial charge in [0.05, 0.1) is 14.2 Å². The molecule has 1 aromatic heterocycles. The van der Waals surface area contributed by atoms with E-state index in [4.69, 9.17) is 9.47 Å². The molecular weight excluding hydrogens is 294 g/mol. The van der Waals surface area contributed by atoms with Crippen molar-refractivity contribution in [2.24, 2.45) is 0 Å². The van der Waals surface area contributed by atoms with Crippen LogP contribution in [-0.4, -0.2) is 29.1 Å². The fraction of sp³-hybridized carbons (Fsp3) is 0.471. The summed E-state index contributed by atoms with van der Waals surface area (Å²) in [4.78, 5) is 0. The quantitative estimate of drug-likeness (QED) is 0.781. The van der Waals surface area contributed by atoms with Crippen LogP contribution in [0.15, 0.2) is 18.2 Å². The first kappa shape index (κ1) is 17.0. The maximum absolute atomic E-state index is 9.93. The van der Waals surface area contributed by atoms with Gasteiger partial charge in [-0.2, -0.15) is 5.10 Å². The number of anilines is 1. The van der Waals surface area contributed by atoms with E-state index < -0.39 is 0 Å². The summed E-state index contributed by atoms with van der Waals surface area (Å²) < 4.78 is 12.4. The number of rotatable bonds is 8. The fourth-order valence-corrected chi connectivity index (χ4v) is 2.37. The number of ether oxygens (including phenoxy) is 2. The highest BCUT2D eigenvalue weighted by Crippen LogP contribution is 2.37. The lowest BCUT2D eigenvalue weighted by Gasteiger charge is -2.11. The van der Waals surface area contributed by atoms with Gasteiger partial charge in [-0.3, -0.25) is 4.68 Å². The van der Waals surface area contributed by atoms with E-state index in [1.165, 1.54) is 14.2 Å². The Balaban J connectivity index is 2.08. The Labute approximate surface area is 137 Å². The Bertz CT molecular complexity index is 628. The number of unbranched alkanes of at least 4 members (excludes halogenated alkanes) is 1. The molecule has 6 heteroatoms. The first-order valence-electron chi connectivity index (χ1n) is 7.81. The number of benzene rings is 1. The van der Waals surface area contributed by atoms with E-state index >= 15 is 0 Å². The number of nitrogens with one attached hydrogen (secondary N) is 1. The highest BCUT2D eigenvalue weighted by Gasteiger charge is 2.11. The number of nitrogens with zero attached hydrogens (tertiary/aromatic N) is 2. The molecule has 0 aliphatic carbocycles. The van der Waals surface area contributed by atoms with Gasteiger partial charge in [0.25, 0.3) is 0 Å². The molecule has 0 saturated heterocycles. The van der Waals surface area contributed by atoms with Crippen molar-refractivity contribution < 1.29 is 14.6 Å². The topological polar surface area (TPSA) is 68.5 Å². The van der Waals surface area contributed by atoms with E-state index in [-0.39, 0.29) is 5.75 Å². The number of aromatic nitrogens is 2. The maximum Gasteiger partial charge on any atom is 0.200 e. The second-order valence-corrected chi connectivity index (χ2v) is 5.45. The minimum atomic E-state index is 0.0124. The number of phenols is 1. The molecule has 1 heterocycles. The predicted octanol–water partition coefficient (Wildman–Crippen LogP) is 3.33. The monoisotopic (exact) mass is 319 g/mol. The van der Waals surface area contributed by atoms with Crippen molar-refractivity contribution in [3.63, 3.8) is 0 Å². The number of phenolic OH excluding ortho intramolecular Hbond substituents is 1.